The number of amides is 1. The number of nitrogens with one attached hydrogen (secondary N) is 1. The van der Waals surface area contributed by atoms with E-state index in [4.69, 9.17) is 9.47 Å². The maximum Gasteiger partial charge on any atom is 0.253 e. The van der Waals surface area contributed by atoms with Gasteiger partial charge in [-0.05, 0) is 31.0 Å². The summed E-state index contributed by atoms with van der Waals surface area (Å²) in [5.74, 6) is 0.607. The van der Waals surface area contributed by atoms with Gasteiger partial charge in [0.05, 0.1) is 0 Å². The van der Waals surface area contributed by atoms with E-state index in [0.717, 1.165) is 18.4 Å². The summed E-state index contributed by atoms with van der Waals surface area (Å²) in [6.07, 6.45) is 4.88. The van der Waals surface area contributed by atoms with Crippen LogP contribution in [0.5, 0.6) is 5.75 Å². The highest BCUT2D eigenvalue weighted by Crippen LogP contribution is 2.20. The molecule has 2 heterocycles. The molecule has 1 aromatic carbocycles. The number of rotatable bonds is 5. The lowest BCUT2D eigenvalue weighted by atomic mass is 10.2. The summed E-state index contributed by atoms with van der Waals surface area (Å²) in [5, 5.41) is 2.87. The van der Waals surface area contributed by atoms with Crippen molar-refractivity contribution < 1.29 is 14.3 Å². The van der Waals surface area contributed by atoms with Crippen LogP contribution in [0.3, 0.4) is 0 Å². The van der Waals surface area contributed by atoms with E-state index in [1.165, 1.54) is 0 Å². The Labute approximate surface area is 129 Å². The number of carbonyl (C=O) groups excluding carboxylic acids is 1. The van der Waals surface area contributed by atoms with Crippen molar-refractivity contribution in [1.82, 2.24) is 4.98 Å². The van der Waals surface area contributed by atoms with Crippen LogP contribution >= 0.6 is 0 Å². The fraction of sp³-hybridized carbons (Fsp3) is 0.294. The van der Waals surface area contributed by atoms with E-state index in [-0.39, 0.29) is 12.0 Å². The largest absolute Gasteiger partial charge is 0.489 e. The Bertz CT molecular complexity index is 625. The summed E-state index contributed by atoms with van der Waals surface area (Å²) >= 11 is 0. The lowest BCUT2D eigenvalue weighted by molar-refractivity contribution is -0.124. The van der Waals surface area contributed by atoms with Crippen LogP contribution in [0, 0.1) is 0 Å². The molecule has 5 heteroatoms. The second-order valence-corrected chi connectivity index (χ2v) is 5.17. The zero-order valence-corrected chi connectivity index (χ0v) is 12.2. The summed E-state index contributed by atoms with van der Waals surface area (Å²) in [6.45, 7) is 1.10. The molecule has 1 aliphatic rings. The average Bonchev–Trinajstić information content (AvgIpc) is 3.09. The first kappa shape index (κ1) is 14.5. The van der Waals surface area contributed by atoms with Gasteiger partial charge in [-0.2, -0.15) is 0 Å². The summed E-state index contributed by atoms with van der Waals surface area (Å²) in [6, 6.07) is 11.2. The second kappa shape index (κ2) is 7.04. The quantitative estimate of drug-likeness (QED) is 0.922. The van der Waals surface area contributed by atoms with Crippen molar-refractivity contribution >= 4 is 11.6 Å². The van der Waals surface area contributed by atoms with Gasteiger partial charge < -0.3 is 14.8 Å². The first-order valence-electron chi connectivity index (χ1n) is 7.35. The average molecular weight is 298 g/mol. The molecule has 0 radical (unpaired) electrons. The lowest BCUT2D eigenvalue weighted by Gasteiger charge is -2.12. The summed E-state index contributed by atoms with van der Waals surface area (Å²) in [4.78, 5) is 16.1. The molecular weight excluding hydrogens is 280 g/mol. The molecule has 1 aromatic heterocycles. The van der Waals surface area contributed by atoms with Gasteiger partial charge in [-0.15, -0.1) is 0 Å². The third-order valence-electron chi connectivity index (χ3n) is 3.45. The van der Waals surface area contributed by atoms with E-state index < -0.39 is 0 Å². The Hall–Kier alpha value is -2.40. The van der Waals surface area contributed by atoms with Crippen LogP contribution in [0.1, 0.15) is 18.4 Å². The number of carbonyl (C=O) groups is 1. The first-order chi connectivity index (χ1) is 10.8. The van der Waals surface area contributed by atoms with Gasteiger partial charge in [0.15, 0.2) is 0 Å². The number of hydrogen-bond acceptors (Lipinski definition) is 4. The molecule has 1 atom stereocenters. The fourth-order valence-corrected chi connectivity index (χ4v) is 2.32. The predicted octanol–water partition coefficient (Wildman–Crippen LogP) is 2.78. The summed E-state index contributed by atoms with van der Waals surface area (Å²) in [5.41, 5.74) is 1.71. The van der Waals surface area contributed by atoms with Crippen LogP contribution in [-0.2, 0) is 16.1 Å². The van der Waals surface area contributed by atoms with Crippen molar-refractivity contribution in [3.8, 4) is 5.75 Å². The lowest BCUT2D eigenvalue weighted by Crippen LogP contribution is -2.26. The predicted molar refractivity (Wildman–Crippen MR) is 82.6 cm³/mol. The Kier molecular flexibility index (Phi) is 4.65. The minimum Gasteiger partial charge on any atom is -0.489 e. The van der Waals surface area contributed by atoms with Gasteiger partial charge >= 0.3 is 0 Å². The Morgan fingerprint density at radius 2 is 2.32 bits per heavy atom. The molecular formula is C17H18N2O3. The molecule has 0 bridgehead atoms. The standard InChI is InChI=1S/C17H18N2O3/c20-17(16-7-3-9-21-16)19-14-5-1-6-15(10-14)22-12-13-4-2-8-18-11-13/h1-2,4-6,8,10-11,16H,3,7,9,12H2,(H,19,20). The molecule has 1 N–H and O–H groups in total. The third kappa shape index (κ3) is 3.83. The van der Waals surface area contributed by atoms with Crippen molar-refractivity contribution in [2.75, 3.05) is 11.9 Å². The van der Waals surface area contributed by atoms with E-state index >= 15 is 0 Å². The zero-order valence-electron chi connectivity index (χ0n) is 12.2. The van der Waals surface area contributed by atoms with Crippen LogP contribution in [0.4, 0.5) is 5.69 Å². The smallest absolute Gasteiger partial charge is 0.253 e. The SMILES string of the molecule is O=C(Nc1cccc(OCc2cccnc2)c1)C1CCCO1. The Morgan fingerprint density at radius 1 is 1.36 bits per heavy atom. The second-order valence-electron chi connectivity index (χ2n) is 5.17. The van der Waals surface area contributed by atoms with Crippen LogP contribution in [0.15, 0.2) is 48.8 Å². The van der Waals surface area contributed by atoms with E-state index in [9.17, 15) is 4.79 Å². The number of nitrogens with zero attached hydrogens (tertiary/aromatic N) is 1. The van der Waals surface area contributed by atoms with Crippen LogP contribution in [-0.4, -0.2) is 23.6 Å². The van der Waals surface area contributed by atoms with Crippen molar-refractivity contribution in [2.45, 2.75) is 25.6 Å². The maximum atomic E-state index is 12.0. The highest BCUT2D eigenvalue weighted by Gasteiger charge is 2.23. The van der Waals surface area contributed by atoms with Gasteiger partial charge in [0, 0.05) is 36.3 Å². The normalized spacial score (nSPS) is 17.2. The Morgan fingerprint density at radius 3 is 3.09 bits per heavy atom. The number of benzene rings is 1. The van der Waals surface area contributed by atoms with E-state index in [1.54, 1.807) is 12.4 Å². The topological polar surface area (TPSA) is 60.5 Å². The fourth-order valence-electron chi connectivity index (χ4n) is 2.32. The number of aromatic nitrogens is 1. The van der Waals surface area contributed by atoms with Crippen molar-refractivity contribution in [3.63, 3.8) is 0 Å². The molecule has 1 fully saturated rings. The van der Waals surface area contributed by atoms with Gasteiger partial charge in [0.1, 0.15) is 18.5 Å². The first-order valence-corrected chi connectivity index (χ1v) is 7.35. The molecule has 114 valence electrons. The van der Waals surface area contributed by atoms with Gasteiger partial charge in [-0.25, -0.2) is 0 Å². The van der Waals surface area contributed by atoms with Crippen molar-refractivity contribution in [3.05, 3.63) is 54.4 Å². The maximum absolute atomic E-state index is 12.0. The molecule has 1 aliphatic heterocycles. The molecule has 0 aliphatic carbocycles. The number of pyridine rings is 1. The van der Waals surface area contributed by atoms with E-state index in [1.807, 2.05) is 36.4 Å². The molecule has 1 saturated heterocycles. The van der Waals surface area contributed by atoms with Gasteiger partial charge in [-0.1, -0.05) is 12.1 Å². The van der Waals surface area contributed by atoms with Crippen LogP contribution < -0.4 is 10.1 Å². The Balaban J connectivity index is 1.58. The van der Waals surface area contributed by atoms with Crippen LogP contribution in [0.2, 0.25) is 0 Å². The minimum atomic E-state index is -0.333. The molecule has 0 saturated carbocycles. The highest BCUT2D eigenvalue weighted by atomic mass is 16.5. The van der Waals surface area contributed by atoms with Crippen LogP contribution in [0.25, 0.3) is 0 Å². The molecule has 22 heavy (non-hydrogen) atoms. The molecule has 3 rings (SSSR count). The third-order valence-corrected chi connectivity index (χ3v) is 3.45. The summed E-state index contributed by atoms with van der Waals surface area (Å²) < 4.78 is 11.1. The monoisotopic (exact) mass is 298 g/mol. The molecule has 1 unspecified atom stereocenters. The van der Waals surface area contributed by atoms with Crippen molar-refractivity contribution in [2.24, 2.45) is 0 Å². The molecule has 0 spiro atoms. The number of hydrogen-bond donors (Lipinski definition) is 1. The highest BCUT2D eigenvalue weighted by molar-refractivity contribution is 5.94. The number of anilines is 1. The van der Waals surface area contributed by atoms with Gasteiger partial charge in [0.2, 0.25) is 0 Å². The number of ether oxygens (including phenoxy) is 2. The van der Waals surface area contributed by atoms with E-state index in [0.29, 0.717) is 24.7 Å². The minimum absolute atomic E-state index is 0.0955. The van der Waals surface area contributed by atoms with Gasteiger partial charge in [-0.3, -0.25) is 9.78 Å². The molecule has 5 nitrogen and oxygen atoms in total. The zero-order chi connectivity index (χ0) is 15.2. The van der Waals surface area contributed by atoms with E-state index in [2.05, 4.69) is 10.3 Å². The van der Waals surface area contributed by atoms with Gasteiger partial charge in [0.25, 0.3) is 5.91 Å². The van der Waals surface area contributed by atoms with Crippen molar-refractivity contribution in [1.29, 1.82) is 0 Å². The molecule has 2 aromatic rings. The summed E-state index contributed by atoms with van der Waals surface area (Å²) in [7, 11) is 0. The molecule has 1 amide bonds.